The number of nitrogens with zero attached hydrogens (tertiary/aromatic N) is 2. The zero-order valence-corrected chi connectivity index (χ0v) is 21.0. The molecule has 0 spiro atoms. The average Bonchev–Trinajstić information content (AvgIpc) is 3.46. The van der Waals surface area contributed by atoms with Crippen LogP contribution in [-0.4, -0.2) is 38.2 Å². The molecule has 10 heteroatoms. The van der Waals surface area contributed by atoms with Crippen LogP contribution in [0.15, 0.2) is 57.5 Å². The Bertz CT molecular complexity index is 1570. The Morgan fingerprint density at radius 2 is 1.97 bits per heavy atom. The molecule has 0 bridgehead atoms. The minimum absolute atomic E-state index is 0.167. The van der Waals surface area contributed by atoms with Gasteiger partial charge in [0.15, 0.2) is 16.3 Å². The van der Waals surface area contributed by atoms with E-state index in [-0.39, 0.29) is 24.5 Å². The predicted octanol–water partition coefficient (Wildman–Crippen LogP) is 2.54. The van der Waals surface area contributed by atoms with Gasteiger partial charge in [-0.05, 0) is 49.8 Å². The summed E-state index contributed by atoms with van der Waals surface area (Å²) in [5.74, 6) is 1.81. The van der Waals surface area contributed by atoms with E-state index in [0.717, 1.165) is 5.56 Å². The third-order valence-corrected chi connectivity index (χ3v) is 6.93. The number of benzene rings is 2. The van der Waals surface area contributed by atoms with Gasteiger partial charge in [0.05, 0.1) is 36.6 Å². The van der Waals surface area contributed by atoms with E-state index in [1.54, 1.807) is 51.3 Å². The molecule has 3 aromatic rings. The highest BCUT2D eigenvalue weighted by molar-refractivity contribution is 7.07. The number of ether oxygens (including phenoxy) is 5. The number of esters is 1. The van der Waals surface area contributed by atoms with E-state index in [4.69, 9.17) is 23.7 Å². The molecule has 0 saturated heterocycles. The molecule has 9 nitrogen and oxygen atoms in total. The SMILES string of the molecule is CCOC(=O)C1=C(C)N=c2s/c(=C/c3ccc4c(c3)OCO4)c(=O)n2[C@H]1c1ccc(OC)cc1OC. The van der Waals surface area contributed by atoms with Gasteiger partial charge in [0.2, 0.25) is 6.79 Å². The summed E-state index contributed by atoms with van der Waals surface area (Å²) in [4.78, 5) is 31.9. The lowest BCUT2D eigenvalue weighted by Gasteiger charge is -2.26. The van der Waals surface area contributed by atoms with E-state index in [2.05, 4.69) is 4.99 Å². The van der Waals surface area contributed by atoms with E-state index >= 15 is 0 Å². The van der Waals surface area contributed by atoms with Gasteiger partial charge in [-0.15, -0.1) is 0 Å². The van der Waals surface area contributed by atoms with Crippen molar-refractivity contribution in [3.05, 3.63) is 78.5 Å². The Kier molecular flexibility index (Phi) is 6.27. The number of allylic oxidation sites excluding steroid dienone is 1. The monoisotopic (exact) mass is 508 g/mol. The van der Waals surface area contributed by atoms with Gasteiger partial charge >= 0.3 is 5.97 Å². The van der Waals surface area contributed by atoms with Gasteiger partial charge < -0.3 is 23.7 Å². The zero-order valence-electron chi connectivity index (χ0n) is 20.2. The Morgan fingerprint density at radius 1 is 1.17 bits per heavy atom. The summed E-state index contributed by atoms with van der Waals surface area (Å²) in [6, 6.07) is 9.95. The Hall–Kier alpha value is -4.05. The molecule has 1 atom stereocenters. The quantitative estimate of drug-likeness (QED) is 0.472. The number of hydrogen-bond donors (Lipinski definition) is 0. The van der Waals surface area contributed by atoms with E-state index in [0.29, 0.717) is 43.6 Å². The largest absolute Gasteiger partial charge is 0.497 e. The van der Waals surface area contributed by atoms with Crippen molar-refractivity contribution in [2.75, 3.05) is 27.6 Å². The van der Waals surface area contributed by atoms with Gasteiger partial charge in [0, 0.05) is 11.6 Å². The van der Waals surface area contributed by atoms with Crippen molar-refractivity contribution in [1.29, 1.82) is 0 Å². The van der Waals surface area contributed by atoms with Gasteiger partial charge in [-0.1, -0.05) is 17.4 Å². The maximum atomic E-state index is 13.8. The topological polar surface area (TPSA) is 97.6 Å². The smallest absolute Gasteiger partial charge is 0.338 e. The Morgan fingerprint density at radius 3 is 2.72 bits per heavy atom. The number of aromatic nitrogens is 1. The molecule has 3 heterocycles. The van der Waals surface area contributed by atoms with E-state index in [1.807, 2.05) is 12.1 Å². The van der Waals surface area contributed by atoms with Crippen molar-refractivity contribution in [3.8, 4) is 23.0 Å². The molecule has 0 radical (unpaired) electrons. The number of fused-ring (bicyclic) bond motifs is 2. The summed E-state index contributed by atoms with van der Waals surface area (Å²) in [6.45, 7) is 3.83. The Labute approximate surface area is 210 Å². The van der Waals surface area contributed by atoms with Crippen LogP contribution in [0.2, 0.25) is 0 Å². The van der Waals surface area contributed by atoms with Crippen molar-refractivity contribution in [3.63, 3.8) is 0 Å². The maximum Gasteiger partial charge on any atom is 0.338 e. The molecular formula is C26H24N2O7S. The summed E-state index contributed by atoms with van der Waals surface area (Å²) in [5, 5.41) is 0. The average molecular weight is 509 g/mol. The fourth-order valence-corrected chi connectivity index (χ4v) is 5.33. The Balaban J connectivity index is 1.72. The fraction of sp³-hybridized carbons (Fsp3) is 0.269. The van der Waals surface area contributed by atoms with Crippen LogP contribution in [0.3, 0.4) is 0 Å². The standard InChI is InChI=1S/C26H24N2O7S/c1-5-33-25(30)22-14(2)27-26-28(23(22)17-8-7-16(31-3)12-19(17)32-4)24(29)21(36-26)11-15-6-9-18-20(10-15)35-13-34-18/h6-12,23H,5,13H2,1-4H3/b21-11+/t23-/m0/s1. The van der Waals surface area contributed by atoms with Crippen molar-refractivity contribution in [1.82, 2.24) is 4.57 Å². The fourth-order valence-electron chi connectivity index (χ4n) is 4.28. The van der Waals surface area contributed by atoms with Crippen LogP contribution in [-0.2, 0) is 9.53 Å². The number of carbonyl (C=O) groups is 1. The summed E-state index contributed by atoms with van der Waals surface area (Å²) >= 11 is 1.24. The number of hydrogen-bond acceptors (Lipinski definition) is 9. The highest BCUT2D eigenvalue weighted by Crippen LogP contribution is 2.37. The van der Waals surface area contributed by atoms with Gasteiger partial charge in [-0.2, -0.15) is 0 Å². The first-order chi connectivity index (χ1) is 17.4. The van der Waals surface area contributed by atoms with Crippen molar-refractivity contribution in [2.45, 2.75) is 19.9 Å². The van der Waals surface area contributed by atoms with Crippen LogP contribution < -0.4 is 33.8 Å². The molecule has 0 saturated carbocycles. The second-order valence-electron chi connectivity index (χ2n) is 8.02. The van der Waals surface area contributed by atoms with Crippen LogP contribution in [0, 0.1) is 0 Å². The minimum Gasteiger partial charge on any atom is -0.497 e. The van der Waals surface area contributed by atoms with Crippen molar-refractivity contribution >= 4 is 23.4 Å². The lowest BCUT2D eigenvalue weighted by Crippen LogP contribution is -2.40. The van der Waals surface area contributed by atoms with Crippen LogP contribution >= 0.6 is 11.3 Å². The summed E-state index contributed by atoms with van der Waals surface area (Å²) < 4.78 is 29.1. The molecule has 2 aliphatic heterocycles. The molecule has 36 heavy (non-hydrogen) atoms. The number of thiazole rings is 1. The molecule has 5 rings (SSSR count). The third kappa shape index (κ3) is 4.03. The summed E-state index contributed by atoms with van der Waals surface area (Å²) in [6.07, 6.45) is 1.78. The maximum absolute atomic E-state index is 13.8. The molecule has 0 aliphatic carbocycles. The van der Waals surface area contributed by atoms with Crippen LogP contribution in [0.25, 0.3) is 6.08 Å². The lowest BCUT2D eigenvalue weighted by molar-refractivity contribution is -0.139. The first-order valence-electron chi connectivity index (χ1n) is 11.3. The summed E-state index contributed by atoms with van der Waals surface area (Å²) in [5.41, 5.74) is 1.87. The second-order valence-corrected chi connectivity index (χ2v) is 9.03. The predicted molar refractivity (Wildman–Crippen MR) is 133 cm³/mol. The summed E-state index contributed by atoms with van der Waals surface area (Å²) in [7, 11) is 3.09. The molecule has 2 aromatic carbocycles. The van der Waals surface area contributed by atoms with Crippen LogP contribution in [0.5, 0.6) is 23.0 Å². The second kappa shape index (κ2) is 9.54. The van der Waals surface area contributed by atoms with Crippen LogP contribution in [0.4, 0.5) is 0 Å². The normalized spacial score (nSPS) is 16.4. The van der Waals surface area contributed by atoms with E-state index in [1.165, 1.54) is 23.0 Å². The molecule has 0 fully saturated rings. The molecule has 1 aromatic heterocycles. The van der Waals surface area contributed by atoms with Gasteiger partial charge in [-0.3, -0.25) is 9.36 Å². The van der Waals surface area contributed by atoms with E-state index < -0.39 is 12.0 Å². The number of methoxy groups -OCH3 is 2. The van der Waals surface area contributed by atoms with Gasteiger partial charge in [-0.25, -0.2) is 9.79 Å². The molecule has 0 N–H and O–H groups in total. The lowest BCUT2D eigenvalue weighted by atomic mass is 9.95. The highest BCUT2D eigenvalue weighted by Gasteiger charge is 2.35. The van der Waals surface area contributed by atoms with E-state index in [9.17, 15) is 9.59 Å². The molecule has 0 unspecified atom stereocenters. The molecule has 186 valence electrons. The van der Waals surface area contributed by atoms with Crippen molar-refractivity contribution < 1.29 is 28.5 Å². The highest BCUT2D eigenvalue weighted by atomic mass is 32.1. The molecule has 0 amide bonds. The first-order valence-corrected chi connectivity index (χ1v) is 12.1. The minimum atomic E-state index is -0.792. The van der Waals surface area contributed by atoms with Gasteiger partial charge in [0.1, 0.15) is 17.5 Å². The molecule has 2 aliphatic rings. The van der Waals surface area contributed by atoms with Crippen LogP contribution in [0.1, 0.15) is 31.0 Å². The molecular weight excluding hydrogens is 484 g/mol. The van der Waals surface area contributed by atoms with Gasteiger partial charge in [0.25, 0.3) is 5.56 Å². The first kappa shape index (κ1) is 23.7. The third-order valence-electron chi connectivity index (χ3n) is 5.95. The number of rotatable bonds is 6. The zero-order chi connectivity index (χ0) is 25.4. The number of carbonyl (C=O) groups excluding carboxylic acids is 1. The van der Waals surface area contributed by atoms with Crippen molar-refractivity contribution in [2.24, 2.45) is 4.99 Å².